The fraction of sp³-hybridized carbons (Fsp3) is 0.644. The Balaban J connectivity index is 2.38. The van der Waals surface area contributed by atoms with E-state index in [9.17, 15) is 48.3 Å². The lowest BCUT2D eigenvalue weighted by molar-refractivity contribution is -0.139. The lowest BCUT2D eigenvalue weighted by Crippen LogP contribution is -2.54. The van der Waals surface area contributed by atoms with Crippen molar-refractivity contribution in [3.8, 4) is 0 Å². The molecule has 8 N–H and O–H groups in total. The van der Waals surface area contributed by atoms with Crippen LogP contribution in [-0.2, 0) is 56.0 Å². The van der Waals surface area contributed by atoms with Gasteiger partial charge in [0.05, 0.1) is 26.2 Å². The van der Waals surface area contributed by atoms with E-state index in [1.807, 2.05) is 130 Å². The number of carbonyl (C=O) groups is 9. The zero-order valence-corrected chi connectivity index (χ0v) is 48.5. The first-order valence-corrected chi connectivity index (χ1v) is 28.0. The van der Waals surface area contributed by atoms with Crippen LogP contribution in [0, 0.1) is 29.6 Å². The van der Waals surface area contributed by atoms with Crippen LogP contribution in [0.5, 0.6) is 0 Å². The third-order valence-corrected chi connectivity index (χ3v) is 12.7. The van der Waals surface area contributed by atoms with Crippen LogP contribution in [0.2, 0.25) is 0 Å². The summed E-state index contributed by atoms with van der Waals surface area (Å²) in [5.74, 6) is -4.56. The third-order valence-electron chi connectivity index (χ3n) is 12.7. The summed E-state index contributed by atoms with van der Waals surface area (Å²) in [6, 6.07) is 16.3. The molecule has 0 aliphatic rings. The first kappa shape index (κ1) is 67.7. The van der Waals surface area contributed by atoms with Crippen molar-refractivity contribution >= 4 is 53.2 Å². The minimum atomic E-state index is -1.14. The number of benzene rings is 2. The minimum Gasteiger partial charge on any atom is -0.481 e. The standard InChI is InChI=1S/C59H95N9O10/c1-40(2)27-47(60)32-65(55(73)24-21-45-17-13-11-14-18-45)37-53(71)63-49(28-41(3)4)35-68(58(76)31-44(9)10)39-54(72)64-50(29-42(5)6)34-67(57(75)30-43(7)8)38-52(70)62-48(23-26-59(77)78)33-66(36-51(61)69)56(74)25-22-46-19-15-12-16-20-46/h11-20,40-44,47-50H,21-39,60H2,1-10H3,(H2,61,69)(H,62,70)(H,63,71)(H,64,72)(H,77,78)/t47-,48-,49-,50-/m0/s1. The van der Waals surface area contributed by atoms with E-state index >= 15 is 0 Å². The van der Waals surface area contributed by atoms with Crippen molar-refractivity contribution < 1.29 is 48.3 Å². The Morgan fingerprint density at radius 2 is 0.795 bits per heavy atom. The highest BCUT2D eigenvalue weighted by Gasteiger charge is 2.30. The number of rotatable bonds is 38. The number of carboxylic acid groups (broad SMARTS) is 1. The number of hydrogen-bond acceptors (Lipinski definition) is 10. The molecule has 0 aliphatic carbocycles. The van der Waals surface area contributed by atoms with Crippen LogP contribution in [-0.4, -0.2) is 154 Å². The SMILES string of the molecule is CC(C)CC(=O)N(CC(=O)N[C@@H](CC(C)C)CN(CC(=O)N[C@@H](CCC(=O)O)CN(CC(N)=O)C(=O)CCc1ccccc1)C(=O)CC(C)C)C[C@H](CC(C)C)NC(=O)CN(C[C@@H](N)CC(C)C)C(=O)CCc1ccccc1. The molecule has 0 fully saturated rings. The molecule has 2 rings (SSSR count). The Kier molecular flexibility index (Phi) is 31.2. The van der Waals surface area contributed by atoms with Gasteiger partial charge in [-0.2, -0.15) is 0 Å². The predicted octanol–water partition coefficient (Wildman–Crippen LogP) is 4.93. The Hall–Kier alpha value is -6.37. The van der Waals surface area contributed by atoms with Crippen LogP contribution < -0.4 is 27.4 Å². The zero-order chi connectivity index (χ0) is 58.5. The summed E-state index contributed by atoms with van der Waals surface area (Å²) >= 11 is 0. The number of aryl methyl sites for hydroxylation is 2. The molecule has 8 amide bonds. The van der Waals surface area contributed by atoms with Crippen molar-refractivity contribution in [2.75, 3.05) is 52.4 Å². The fourth-order valence-corrected chi connectivity index (χ4v) is 9.38. The average Bonchev–Trinajstić information content (AvgIpc) is 3.32. The number of nitrogens with one attached hydrogen (secondary N) is 3. The number of carbonyl (C=O) groups excluding carboxylic acids is 8. The number of carboxylic acids is 1. The Labute approximate surface area is 464 Å². The Morgan fingerprint density at radius 3 is 1.14 bits per heavy atom. The van der Waals surface area contributed by atoms with Gasteiger partial charge in [-0.05, 0) is 79.2 Å². The van der Waals surface area contributed by atoms with Crippen LogP contribution in [0.15, 0.2) is 60.7 Å². The molecule has 0 unspecified atom stereocenters. The molecule has 2 aromatic carbocycles. The number of nitrogens with two attached hydrogens (primary N) is 2. The van der Waals surface area contributed by atoms with Gasteiger partial charge in [0.1, 0.15) is 0 Å². The molecular formula is C59H95N9O10. The van der Waals surface area contributed by atoms with Gasteiger partial charge in [0.15, 0.2) is 0 Å². The van der Waals surface area contributed by atoms with Crippen LogP contribution in [0.3, 0.4) is 0 Å². The molecule has 19 heteroatoms. The molecule has 0 radical (unpaired) electrons. The minimum absolute atomic E-state index is 0.00423. The fourth-order valence-electron chi connectivity index (χ4n) is 9.38. The van der Waals surface area contributed by atoms with E-state index in [-0.39, 0.29) is 131 Å². The second-order valence-corrected chi connectivity index (χ2v) is 23.1. The second kappa shape index (κ2) is 35.9. The van der Waals surface area contributed by atoms with Gasteiger partial charge in [0.25, 0.3) is 0 Å². The number of nitrogens with zero attached hydrogens (tertiary/aromatic N) is 4. The van der Waals surface area contributed by atoms with Crippen molar-refractivity contribution in [2.24, 2.45) is 41.1 Å². The summed E-state index contributed by atoms with van der Waals surface area (Å²) in [6.07, 6.45) is 2.35. The molecule has 2 aromatic rings. The van der Waals surface area contributed by atoms with Gasteiger partial charge in [0.2, 0.25) is 47.3 Å². The number of hydrogen-bond donors (Lipinski definition) is 6. The Bertz CT molecular complexity index is 2190. The van der Waals surface area contributed by atoms with Gasteiger partial charge in [-0.3, -0.25) is 43.2 Å². The molecule has 0 spiro atoms. The van der Waals surface area contributed by atoms with Crippen molar-refractivity contribution in [2.45, 2.75) is 164 Å². The monoisotopic (exact) mass is 1090 g/mol. The largest absolute Gasteiger partial charge is 0.481 e. The predicted molar refractivity (Wildman–Crippen MR) is 303 cm³/mol. The van der Waals surface area contributed by atoms with Crippen LogP contribution >= 0.6 is 0 Å². The molecule has 78 heavy (non-hydrogen) atoms. The van der Waals surface area contributed by atoms with Crippen molar-refractivity contribution in [3.63, 3.8) is 0 Å². The molecular weight excluding hydrogens is 995 g/mol. The highest BCUT2D eigenvalue weighted by Crippen LogP contribution is 2.16. The summed E-state index contributed by atoms with van der Waals surface area (Å²) in [5.41, 5.74) is 13.9. The molecule has 0 aliphatic heterocycles. The van der Waals surface area contributed by atoms with Gasteiger partial charge in [0, 0.05) is 82.5 Å². The normalized spacial score (nSPS) is 12.9. The topological polar surface area (TPSA) is 275 Å². The van der Waals surface area contributed by atoms with E-state index < -0.39 is 66.7 Å². The molecule has 4 atom stereocenters. The maximum Gasteiger partial charge on any atom is 0.303 e. The first-order chi connectivity index (χ1) is 36.7. The van der Waals surface area contributed by atoms with Gasteiger partial charge >= 0.3 is 5.97 Å². The summed E-state index contributed by atoms with van der Waals surface area (Å²) in [5, 5.41) is 18.5. The molecule has 0 saturated heterocycles. The van der Waals surface area contributed by atoms with Crippen molar-refractivity contribution in [1.29, 1.82) is 0 Å². The first-order valence-electron chi connectivity index (χ1n) is 28.0. The molecule has 0 heterocycles. The maximum absolute atomic E-state index is 14.3. The van der Waals surface area contributed by atoms with Gasteiger partial charge in [-0.25, -0.2) is 0 Å². The molecule has 436 valence electrons. The van der Waals surface area contributed by atoms with Crippen molar-refractivity contribution in [3.05, 3.63) is 71.8 Å². The van der Waals surface area contributed by atoms with Crippen LogP contribution in [0.1, 0.15) is 138 Å². The van der Waals surface area contributed by atoms with E-state index in [0.29, 0.717) is 32.1 Å². The number of primary amides is 1. The van der Waals surface area contributed by atoms with E-state index in [2.05, 4.69) is 16.0 Å². The summed E-state index contributed by atoms with van der Waals surface area (Å²) in [6.45, 7) is 17.9. The smallest absolute Gasteiger partial charge is 0.303 e. The molecule has 0 aromatic heterocycles. The Morgan fingerprint density at radius 1 is 0.449 bits per heavy atom. The molecule has 0 saturated carbocycles. The van der Waals surface area contributed by atoms with Gasteiger partial charge < -0.3 is 52.1 Å². The van der Waals surface area contributed by atoms with E-state index in [4.69, 9.17) is 11.5 Å². The van der Waals surface area contributed by atoms with E-state index in [1.54, 1.807) is 0 Å². The summed E-state index contributed by atoms with van der Waals surface area (Å²) < 4.78 is 0. The lowest BCUT2D eigenvalue weighted by atomic mass is 10.0. The van der Waals surface area contributed by atoms with Gasteiger partial charge in [-0.1, -0.05) is 130 Å². The maximum atomic E-state index is 14.3. The van der Waals surface area contributed by atoms with E-state index in [1.165, 1.54) is 19.6 Å². The summed E-state index contributed by atoms with van der Waals surface area (Å²) in [7, 11) is 0. The van der Waals surface area contributed by atoms with Gasteiger partial charge in [-0.15, -0.1) is 0 Å². The van der Waals surface area contributed by atoms with Crippen LogP contribution in [0.25, 0.3) is 0 Å². The summed E-state index contributed by atoms with van der Waals surface area (Å²) in [4.78, 5) is 127. The highest BCUT2D eigenvalue weighted by molar-refractivity contribution is 5.88. The zero-order valence-electron chi connectivity index (χ0n) is 48.5. The van der Waals surface area contributed by atoms with Crippen molar-refractivity contribution in [1.82, 2.24) is 35.6 Å². The quantitative estimate of drug-likeness (QED) is 0.0525. The molecule has 19 nitrogen and oxygen atoms in total. The number of amides is 8. The van der Waals surface area contributed by atoms with E-state index in [0.717, 1.165) is 11.1 Å². The highest BCUT2D eigenvalue weighted by atomic mass is 16.4. The second-order valence-electron chi connectivity index (χ2n) is 23.1. The third kappa shape index (κ3) is 30.0. The number of aliphatic carboxylic acids is 1. The lowest BCUT2D eigenvalue weighted by Gasteiger charge is -2.33. The van der Waals surface area contributed by atoms with Crippen LogP contribution in [0.4, 0.5) is 0 Å². The average molecular weight is 1090 g/mol. The molecule has 0 bridgehead atoms.